The lowest BCUT2D eigenvalue weighted by Crippen LogP contribution is -2.50. The van der Waals surface area contributed by atoms with Gasteiger partial charge >= 0.3 is 36.0 Å². The summed E-state index contributed by atoms with van der Waals surface area (Å²) in [5, 5.41) is 10.5. The van der Waals surface area contributed by atoms with Gasteiger partial charge < -0.3 is 45.3 Å². The van der Waals surface area contributed by atoms with Gasteiger partial charge in [-0.3, -0.25) is 0 Å². The number of unbranched alkanes of at least 4 members (excludes halogenated alkanes) is 1. The van der Waals surface area contributed by atoms with E-state index in [9.17, 15) is 28.8 Å². The molecule has 44 heavy (non-hydrogen) atoms. The summed E-state index contributed by atoms with van der Waals surface area (Å²) in [5.41, 5.74) is 0.733. The monoisotopic (exact) mass is 624 g/mol. The van der Waals surface area contributed by atoms with Crippen LogP contribution < -0.4 is 21.3 Å². The average molecular weight is 625 g/mol. The normalized spacial score (nSPS) is 10.0. The van der Waals surface area contributed by atoms with Gasteiger partial charge in [-0.15, -0.1) is 0 Å². The van der Waals surface area contributed by atoms with Crippen molar-refractivity contribution < 1.29 is 43.0 Å². The van der Waals surface area contributed by atoms with Gasteiger partial charge in [-0.05, 0) is 27.2 Å². The van der Waals surface area contributed by atoms with Crippen LogP contribution in [0, 0.1) is 0 Å². The number of ether oxygens (including phenoxy) is 3. The number of amides is 6. The molecular weight excluding hydrogens is 576 g/mol. The fourth-order valence-electron chi connectivity index (χ4n) is 3.09. The Bertz CT molecular complexity index is 1030. The van der Waals surface area contributed by atoms with E-state index in [1.165, 1.54) is 25.7 Å². The molecular formula is C29H48N6O9. The third-order valence-corrected chi connectivity index (χ3v) is 5.55. The highest BCUT2D eigenvalue weighted by Crippen LogP contribution is 2.00. The highest BCUT2D eigenvalue weighted by atomic mass is 16.5. The molecule has 0 aliphatic carbocycles. The molecule has 0 saturated heterocycles. The zero-order valence-corrected chi connectivity index (χ0v) is 26.4. The van der Waals surface area contributed by atoms with Crippen LogP contribution in [0.5, 0.6) is 0 Å². The fourth-order valence-corrected chi connectivity index (χ4v) is 3.09. The largest absolute Gasteiger partial charge is 0.460 e. The molecule has 0 saturated carbocycles. The molecule has 6 amide bonds. The minimum atomic E-state index is -0.576. The van der Waals surface area contributed by atoms with E-state index < -0.39 is 30.0 Å². The van der Waals surface area contributed by atoms with Gasteiger partial charge in [0.25, 0.3) is 0 Å². The number of nitrogens with one attached hydrogen (secondary N) is 4. The van der Waals surface area contributed by atoms with Crippen molar-refractivity contribution in [1.29, 1.82) is 0 Å². The van der Waals surface area contributed by atoms with Crippen molar-refractivity contribution in [3.05, 3.63) is 36.5 Å². The van der Waals surface area contributed by atoms with Crippen LogP contribution in [0.15, 0.2) is 36.5 Å². The highest BCUT2D eigenvalue weighted by molar-refractivity contribution is 5.87. The number of urea groups is 3. The van der Waals surface area contributed by atoms with Gasteiger partial charge in [-0.2, -0.15) is 0 Å². The maximum Gasteiger partial charge on any atom is 0.333 e. The first-order chi connectivity index (χ1) is 20.8. The zero-order valence-electron chi connectivity index (χ0n) is 26.4. The molecule has 248 valence electrons. The molecule has 0 aromatic rings. The van der Waals surface area contributed by atoms with Crippen LogP contribution in [0.1, 0.15) is 40.5 Å². The average Bonchev–Trinajstić information content (AvgIpc) is 2.97. The summed E-state index contributed by atoms with van der Waals surface area (Å²) < 4.78 is 14.9. The smallest absolute Gasteiger partial charge is 0.333 e. The van der Waals surface area contributed by atoms with Crippen molar-refractivity contribution in [3.63, 3.8) is 0 Å². The SMILES string of the molecule is C=C(C)C(=O)OCCNC(=O)NCCN(CCN(CCCC)C(=O)NCCOC(=O)C(=C)C)C(=O)NCCOC(=O)C(=C)C. The number of carbonyl (C=O) groups is 6. The predicted molar refractivity (Wildman–Crippen MR) is 164 cm³/mol. The Kier molecular flexibility index (Phi) is 20.6. The van der Waals surface area contributed by atoms with E-state index in [0.29, 0.717) is 6.54 Å². The van der Waals surface area contributed by atoms with Crippen molar-refractivity contribution >= 4 is 36.0 Å². The lowest BCUT2D eigenvalue weighted by Gasteiger charge is -2.28. The number of nitrogens with zero attached hydrogens (tertiary/aromatic N) is 2. The topological polar surface area (TPSA) is 185 Å². The number of esters is 3. The molecule has 15 nitrogen and oxygen atoms in total. The number of hydrogen-bond acceptors (Lipinski definition) is 9. The standard InChI is InChI=1S/C29H48N6O9/c1-8-9-14-34(28(40)32-12-19-43-25(37)22(4)5)16-17-35(29(41)33-13-20-44-26(38)23(6)7)15-10-30-27(39)31-11-18-42-24(36)21(2)3/h2,4,6,8-20H2,1,3,5,7H3,(H,32,40)(H,33,41)(H2,30,31,39). The summed E-state index contributed by atoms with van der Waals surface area (Å²) in [5.74, 6) is -1.68. The molecule has 0 fully saturated rings. The molecule has 0 radical (unpaired) electrons. The van der Waals surface area contributed by atoms with E-state index in [1.54, 1.807) is 4.90 Å². The molecule has 0 unspecified atom stereocenters. The van der Waals surface area contributed by atoms with Crippen LogP contribution in [-0.4, -0.2) is 118 Å². The van der Waals surface area contributed by atoms with E-state index in [0.717, 1.165) is 12.8 Å². The van der Waals surface area contributed by atoms with Crippen molar-refractivity contribution in [2.45, 2.75) is 40.5 Å². The second-order valence-corrected chi connectivity index (χ2v) is 9.72. The van der Waals surface area contributed by atoms with Gasteiger partial charge in [0.1, 0.15) is 19.8 Å². The van der Waals surface area contributed by atoms with E-state index in [1.807, 2.05) is 6.92 Å². The molecule has 0 spiro atoms. The minimum absolute atomic E-state index is 0.0202. The summed E-state index contributed by atoms with van der Waals surface area (Å²) >= 11 is 0. The number of carbonyl (C=O) groups excluding carboxylic acids is 6. The molecule has 0 rings (SSSR count). The van der Waals surface area contributed by atoms with Crippen molar-refractivity contribution in [2.75, 3.05) is 72.2 Å². The van der Waals surface area contributed by atoms with E-state index in [2.05, 4.69) is 41.0 Å². The van der Waals surface area contributed by atoms with Crippen molar-refractivity contribution in [2.24, 2.45) is 0 Å². The van der Waals surface area contributed by atoms with Gasteiger partial charge in [-0.1, -0.05) is 33.1 Å². The Morgan fingerprint density at radius 3 is 1.30 bits per heavy atom. The molecule has 0 atom stereocenters. The minimum Gasteiger partial charge on any atom is -0.460 e. The quantitative estimate of drug-likeness (QED) is 0.0635. The predicted octanol–water partition coefficient (Wildman–Crippen LogP) is 1.47. The highest BCUT2D eigenvalue weighted by Gasteiger charge is 2.19. The first kappa shape index (κ1) is 39.4. The third kappa shape index (κ3) is 18.8. The Morgan fingerprint density at radius 2 is 0.909 bits per heavy atom. The van der Waals surface area contributed by atoms with Crippen molar-refractivity contribution in [1.82, 2.24) is 31.1 Å². The van der Waals surface area contributed by atoms with E-state index in [-0.39, 0.29) is 88.4 Å². The Hall–Kier alpha value is -4.56. The summed E-state index contributed by atoms with van der Waals surface area (Å²) in [4.78, 5) is 75.4. The summed E-state index contributed by atoms with van der Waals surface area (Å²) in [6.45, 7) is 18.0. The lowest BCUT2D eigenvalue weighted by molar-refractivity contribution is -0.139. The van der Waals surface area contributed by atoms with E-state index >= 15 is 0 Å². The van der Waals surface area contributed by atoms with Gasteiger partial charge in [-0.25, -0.2) is 28.8 Å². The Morgan fingerprint density at radius 1 is 0.545 bits per heavy atom. The number of rotatable bonds is 21. The molecule has 15 heteroatoms. The van der Waals surface area contributed by atoms with Crippen LogP contribution >= 0.6 is 0 Å². The molecule has 0 aromatic carbocycles. The number of hydrogen-bond donors (Lipinski definition) is 4. The second kappa shape index (κ2) is 23.0. The van der Waals surface area contributed by atoms with Crippen LogP contribution in [-0.2, 0) is 28.6 Å². The van der Waals surface area contributed by atoms with Crippen LogP contribution in [0.25, 0.3) is 0 Å². The fraction of sp³-hybridized carbons (Fsp3) is 0.586. The second-order valence-electron chi connectivity index (χ2n) is 9.72. The first-order valence-electron chi connectivity index (χ1n) is 14.3. The van der Waals surface area contributed by atoms with Gasteiger partial charge in [0.15, 0.2) is 0 Å². The van der Waals surface area contributed by atoms with Gasteiger partial charge in [0.2, 0.25) is 0 Å². The molecule has 4 N–H and O–H groups in total. The third-order valence-electron chi connectivity index (χ3n) is 5.55. The van der Waals surface area contributed by atoms with E-state index in [4.69, 9.17) is 14.2 Å². The molecule has 0 aliphatic heterocycles. The maximum absolute atomic E-state index is 13.0. The zero-order chi connectivity index (χ0) is 33.5. The molecule has 0 heterocycles. The maximum atomic E-state index is 13.0. The van der Waals surface area contributed by atoms with Gasteiger partial charge in [0.05, 0.1) is 19.6 Å². The Balaban J connectivity index is 5.09. The van der Waals surface area contributed by atoms with Crippen LogP contribution in [0.4, 0.5) is 14.4 Å². The summed E-state index contributed by atoms with van der Waals surface area (Å²) in [7, 11) is 0. The van der Waals surface area contributed by atoms with Crippen molar-refractivity contribution in [3.8, 4) is 0 Å². The van der Waals surface area contributed by atoms with Gasteiger partial charge in [0, 0.05) is 49.4 Å². The first-order valence-corrected chi connectivity index (χ1v) is 14.3. The molecule has 0 bridgehead atoms. The molecule has 0 aromatic heterocycles. The summed E-state index contributed by atoms with van der Waals surface area (Å²) in [6.07, 6.45) is 1.56. The van der Waals surface area contributed by atoms with Crippen LogP contribution in [0.3, 0.4) is 0 Å². The van der Waals surface area contributed by atoms with Crippen LogP contribution in [0.2, 0.25) is 0 Å². The Labute approximate surface area is 259 Å². The summed E-state index contributed by atoms with van der Waals surface area (Å²) in [6, 6.07) is -1.41. The molecule has 0 aliphatic rings. The lowest BCUT2D eigenvalue weighted by atomic mass is 10.3.